The molecule has 0 radical (unpaired) electrons. The number of sulfonamides is 1. The van der Waals surface area contributed by atoms with Gasteiger partial charge in [0.25, 0.3) is 0 Å². The van der Waals surface area contributed by atoms with E-state index in [2.05, 4.69) is 0 Å². The second-order valence-electron chi connectivity index (χ2n) is 6.78. The van der Waals surface area contributed by atoms with E-state index >= 15 is 0 Å². The Bertz CT molecular complexity index is 862. The lowest BCUT2D eigenvalue weighted by atomic mass is 10.3. The summed E-state index contributed by atoms with van der Waals surface area (Å²) >= 11 is 0. The molecular formula is C20H28N2O5S. The molecule has 0 saturated heterocycles. The third kappa shape index (κ3) is 5.67. The van der Waals surface area contributed by atoms with Crippen molar-refractivity contribution in [2.24, 2.45) is 0 Å². The second kappa shape index (κ2) is 9.86. The van der Waals surface area contributed by atoms with Crippen LogP contribution in [0.5, 0.6) is 0 Å². The topological polar surface area (TPSA) is 80.1 Å². The zero-order valence-electron chi connectivity index (χ0n) is 16.8. The van der Waals surface area contributed by atoms with Crippen LogP contribution in [0.25, 0.3) is 0 Å². The SMILES string of the molecule is COCCN(Cc1ccc(C)o1)C(=O)CN(C(C)C)S(=O)(=O)c1ccccc1. The van der Waals surface area contributed by atoms with Crippen molar-refractivity contribution in [2.75, 3.05) is 26.8 Å². The number of amides is 1. The van der Waals surface area contributed by atoms with Gasteiger partial charge >= 0.3 is 0 Å². The van der Waals surface area contributed by atoms with Crippen LogP contribution in [-0.4, -0.2) is 56.4 Å². The fourth-order valence-electron chi connectivity index (χ4n) is 2.76. The van der Waals surface area contributed by atoms with E-state index in [0.29, 0.717) is 18.9 Å². The van der Waals surface area contributed by atoms with Crippen molar-refractivity contribution in [1.82, 2.24) is 9.21 Å². The van der Waals surface area contributed by atoms with Gasteiger partial charge in [0.05, 0.1) is 24.6 Å². The Labute approximate surface area is 166 Å². The maximum Gasteiger partial charge on any atom is 0.243 e. The Kier molecular flexibility index (Phi) is 7.79. The van der Waals surface area contributed by atoms with Crippen LogP contribution in [-0.2, 0) is 26.1 Å². The summed E-state index contributed by atoms with van der Waals surface area (Å²) in [7, 11) is -2.23. The molecule has 1 aromatic carbocycles. The Hall–Kier alpha value is -2.16. The molecular weight excluding hydrogens is 380 g/mol. The van der Waals surface area contributed by atoms with E-state index in [1.54, 1.807) is 44.1 Å². The minimum absolute atomic E-state index is 0.168. The van der Waals surface area contributed by atoms with E-state index in [1.165, 1.54) is 16.4 Å². The van der Waals surface area contributed by atoms with Gasteiger partial charge in [-0.2, -0.15) is 4.31 Å². The lowest BCUT2D eigenvalue weighted by molar-refractivity contribution is -0.133. The molecule has 0 bridgehead atoms. The molecule has 7 nitrogen and oxygen atoms in total. The number of carbonyl (C=O) groups is 1. The minimum atomic E-state index is -3.79. The molecule has 0 spiro atoms. The van der Waals surface area contributed by atoms with Gasteiger partial charge in [0.1, 0.15) is 11.5 Å². The normalized spacial score (nSPS) is 11.9. The van der Waals surface area contributed by atoms with Crippen LogP contribution in [0, 0.1) is 6.92 Å². The molecule has 1 heterocycles. The van der Waals surface area contributed by atoms with E-state index < -0.39 is 10.0 Å². The van der Waals surface area contributed by atoms with E-state index in [4.69, 9.17) is 9.15 Å². The van der Waals surface area contributed by atoms with Gasteiger partial charge in [-0.1, -0.05) is 18.2 Å². The molecule has 0 aliphatic heterocycles. The highest BCUT2D eigenvalue weighted by molar-refractivity contribution is 7.89. The zero-order chi connectivity index (χ0) is 20.7. The summed E-state index contributed by atoms with van der Waals surface area (Å²) in [6.45, 7) is 6.03. The molecule has 0 N–H and O–H groups in total. The molecule has 0 fully saturated rings. The molecule has 1 aromatic heterocycles. The summed E-state index contributed by atoms with van der Waals surface area (Å²) in [6.07, 6.45) is 0. The third-order valence-corrected chi connectivity index (χ3v) is 6.31. The number of aryl methyl sites for hydroxylation is 1. The number of hydrogen-bond acceptors (Lipinski definition) is 5. The van der Waals surface area contributed by atoms with Crippen molar-refractivity contribution in [3.05, 3.63) is 54.0 Å². The monoisotopic (exact) mass is 408 g/mol. The van der Waals surface area contributed by atoms with Crippen LogP contribution >= 0.6 is 0 Å². The average Bonchev–Trinajstić information content (AvgIpc) is 3.08. The van der Waals surface area contributed by atoms with E-state index in [-0.39, 0.29) is 29.9 Å². The number of benzene rings is 1. The molecule has 2 aromatic rings. The summed E-state index contributed by atoms with van der Waals surface area (Å²) in [4.78, 5) is 14.7. The Morgan fingerprint density at radius 2 is 1.82 bits per heavy atom. The number of methoxy groups -OCH3 is 1. The number of carbonyl (C=O) groups excluding carboxylic acids is 1. The summed E-state index contributed by atoms with van der Waals surface area (Å²) in [5, 5.41) is 0. The minimum Gasteiger partial charge on any atom is -0.464 e. The van der Waals surface area contributed by atoms with Crippen LogP contribution in [0.15, 0.2) is 51.8 Å². The molecule has 1 amide bonds. The van der Waals surface area contributed by atoms with Crippen molar-refractivity contribution in [1.29, 1.82) is 0 Å². The predicted molar refractivity (Wildman–Crippen MR) is 106 cm³/mol. The molecule has 0 aliphatic rings. The summed E-state index contributed by atoms with van der Waals surface area (Å²) < 4.78 is 37.9. The molecule has 8 heteroatoms. The molecule has 0 saturated carbocycles. The number of ether oxygens (including phenoxy) is 1. The van der Waals surface area contributed by atoms with Crippen molar-refractivity contribution < 1.29 is 22.4 Å². The molecule has 0 aliphatic carbocycles. The molecule has 0 atom stereocenters. The Morgan fingerprint density at radius 1 is 1.14 bits per heavy atom. The van der Waals surface area contributed by atoms with Gasteiger partial charge in [-0.05, 0) is 45.0 Å². The highest BCUT2D eigenvalue weighted by Crippen LogP contribution is 2.19. The zero-order valence-corrected chi connectivity index (χ0v) is 17.6. The Balaban J connectivity index is 2.21. The van der Waals surface area contributed by atoms with E-state index in [0.717, 1.165) is 5.76 Å². The fraction of sp³-hybridized carbons (Fsp3) is 0.450. The maximum absolute atomic E-state index is 13.0. The first-order valence-corrected chi connectivity index (χ1v) is 10.6. The van der Waals surface area contributed by atoms with Crippen LogP contribution in [0.1, 0.15) is 25.4 Å². The van der Waals surface area contributed by atoms with Crippen molar-refractivity contribution >= 4 is 15.9 Å². The standard InChI is InChI=1S/C20H28N2O5S/c1-16(2)22(28(24,25)19-8-6-5-7-9-19)15-20(23)21(12-13-26-4)14-18-11-10-17(3)27-18/h5-11,16H,12-15H2,1-4H3. The maximum atomic E-state index is 13.0. The highest BCUT2D eigenvalue weighted by atomic mass is 32.2. The van der Waals surface area contributed by atoms with Gasteiger partial charge in [-0.15, -0.1) is 0 Å². The van der Waals surface area contributed by atoms with Gasteiger partial charge in [-0.3, -0.25) is 4.79 Å². The first-order valence-electron chi connectivity index (χ1n) is 9.14. The Morgan fingerprint density at radius 3 is 2.36 bits per heavy atom. The number of hydrogen-bond donors (Lipinski definition) is 0. The molecule has 0 unspecified atom stereocenters. The highest BCUT2D eigenvalue weighted by Gasteiger charge is 2.30. The van der Waals surface area contributed by atoms with Crippen molar-refractivity contribution in [3.8, 4) is 0 Å². The first kappa shape index (κ1) is 22.1. The van der Waals surface area contributed by atoms with Crippen molar-refractivity contribution in [3.63, 3.8) is 0 Å². The molecule has 28 heavy (non-hydrogen) atoms. The smallest absolute Gasteiger partial charge is 0.243 e. The van der Waals surface area contributed by atoms with Gasteiger partial charge in [0.2, 0.25) is 15.9 Å². The van der Waals surface area contributed by atoms with E-state index in [9.17, 15) is 13.2 Å². The van der Waals surface area contributed by atoms with Gasteiger partial charge in [0.15, 0.2) is 0 Å². The first-order chi connectivity index (χ1) is 13.3. The largest absolute Gasteiger partial charge is 0.464 e. The number of nitrogens with zero attached hydrogens (tertiary/aromatic N) is 2. The third-order valence-electron chi connectivity index (χ3n) is 4.28. The van der Waals surface area contributed by atoms with Gasteiger partial charge in [0, 0.05) is 19.7 Å². The van der Waals surface area contributed by atoms with E-state index in [1.807, 2.05) is 19.1 Å². The second-order valence-corrected chi connectivity index (χ2v) is 8.67. The average molecular weight is 409 g/mol. The lowest BCUT2D eigenvalue weighted by Gasteiger charge is -2.29. The predicted octanol–water partition coefficient (Wildman–Crippen LogP) is 2.66. The van der Waals surface area contributed by atoms with Crippen LogP contribution in [0.2, 0.25) is 0 Å². The van der Waals surface area contributed by atoms with Gasteiger partial charge in [-0.25, -0.2) is 8.42 Å². The number of rotatable bonds is 10. The summed E-state index contributed by atoms with van der Waals surface area (Å²) in [5.74, 6) is 1.09. The van der Waals surface area contributed by atoms with Crippen LogP contribution in [0.3, 0.4) is 0 Å². The van der Waals surface area contributed by atoms with Crippen LogP contribution < -0.4 is 0 Å². The van der Waals surface area contributed by atoms with Gasteiger partial charge < -0.3 is 14.1 Å². The van der Waals surface area contributed by atoms with Crippen LogP contribution in [0.4, 0.5) is 0 Å². The summed E-state index contributed by atoms with van der Waals surface area (Å²) in [6, 6.07) is 11.4. The molecule has 154 valence electrons. The number of furan rings is 1. The van der Waals surface area contributed by atoms with Crippen molar-refractivity contribution in [2.45, 2.75) is 38.3 Å². The quantitative estimate of drug-likeness (QED) is 0.604. The molecule has 2 rings (SSSR count). The fourth-order valence-corrected chi connectivity index (χ4v) is 4.37. The summed E-state index contributed by atoms with van der Waals surface area (Å²) in [5.41, 5.74) is 0. The lowest BCUT2D eigenvalue weighted by Crippen LogP contribution is -2.46.